The largest absolute Gasteiger partial charge is 0.433 e. The summed E-state index contributed by atoms with van der Waals surface area (Å²) in [7, 11) is 0. The fourth-order valence-corrected chi connectivity index (χ4v) is 2.13. The van der Waals surface area contributed by atoms with Gasteiger partial charge in [-0.2, -0.15) is 8.78 Å². The monoisotopic (exact) mass is 290 g/mol. The standard InChI is InChI=1S/C12H13ClF2N2O2/c13-8-6-7(3-4-10(8)19-12(14)15)17-11(18)9-2-1-5-16-9/h3-4,6,9,12,16H,1-2,5H2,(H,17,18)/t9-/m0/s1. The number of alkyl halides is 2. The Morgan fingerprint density at radius 1 is 1.53 bits per heavy atom. The summed E-state index contributed by atoms with van der Waals surface area (Å²) in [5, 5.41) is 5.76. The van der Waals surface area contributed by atoms with E-state index in [1.807, 2.05) is 0 Å². The molecule has 1 aromatic carbocycles. The highest BCUT2D eigenvalue weighted by Gasteiger charge is 2.22. The molecule has 1 aromatic rings. The van der Waals surface area contributed by atoms with Gasteiger partial charge in [-0.25, -0.2) is 0 Å². The van der Waals surface area contributed by atoms with Crippen LogP contribution >= 0.6 is 11.6 Å². The third kappa shape index (κ3) is 3.78. The van der Waals surface area contributed by atoms with Gasteiger partial charge in [0.05, 0.1) is 11.1 Å². The third-order valence-electron chi connectivity index (χ3n) is 2.79. The quantitative estimate of drug-likeness (QED) is 0.896. The number of halogens is 3. The molecule has 1 aliphatic rings. The lowest BCUT2D eigenvalue weighted by Crippen LogP contribution is -2.35. The molecule has 0 saturated carbocycles. The summed E-state index contributed by atoms with van der Waals surface area (Å²) in [4.78, 5) is 11.8. The van der Waals surface area contributed by atoms with Crippen LogP contribution in [0.3, 0.4) is 0 Å². The van der Waals surface area contributed by atoms with Gasteiger partial charge >= 0.3 is 6.61 Å². The van der Waals surface area contributed by atoms with Gasteiger partial charge in [0.25, 0.3) is 0 Å². The fourth-order valence-electron chi connectivity index (χ4n) is 1.91. The Hall–Kier alpha value is -1.40. The second-order valence-electron chi connectivity index (χ2n) is 4.16. The Kier molecular flexibility index (Phi) is 4.55. The maximum Gasteiger partial charge on any atom is 0.387 e. The summed E-state index contributed by atoms with van der Waals surface area (Å²) >= 11 is 5.79. The molecule has 7 heteroatoms. The van der Waals surface area contributed by atoms with Crippen LogP contribution in [0.15, 0.2) is 18.2 Å². The zero-order valence-corrected chi connectivity index (χ0v) is 10.7. The SMILES string of the molecule is O=C(Nc1ccc(OC(F)F)c(Cl)c1)[C@@H]1CCCN1. The molecule has 0 bridgehead atoms. The Balaban J connectivity index is 2.01. The minimum Gasteiger partial charge on any atom is -0.433 e. The number of nitrogens with one attached hydrogen (secondary N) is 2. The van der Waals surface area contributed by atoms with Crippen LogP contribution in [0.5, 0.6) is 5.75 Å². The highest BCUT2D eigenvalue weighted by molar-refractivity contribution is 6.32. The first kappa shape index (κ1) is 14.0. The molecule has 0 aliphatic carbocycles. The van der Waals surface area contributed by atoms with Crippen molar-refractivity contribution in [1.29, 1.82) is 0 Å². The molecule has 104 valence electrons. The molecule has 19 heavy (non-hydrogen) atoms. The van der Waals surface area contributed by atoms with E-state index in [4.69, 9.17) is 11.6 Å². The van der Waals surface area contributed by atoms with Gasteiger partial charge in [-0.1, -0.05) is 11.6 Å². The summed E-state index contributed by atoms with van der Waals surface area (Å²) in [6.07, 6.45) is 1.74. The first-order chi connectivity index (χ1) is 9.06. The topological polar surface area (TPSA) is 50.4 Å². The maximum atomic E-state index is 12.1. The van der Waals surface area contributed by atoms with Crippen LogP contribution < -0.4 is 15.4 Å². The van der Waals surface area contributed by atoms with Crippen molar-refractivity contribution in [3.8, 4) is 5.75 Å². The molecule has 1 aliphatic heterocycles. The van der Waals surface area contributed by atoms with Gasteiger partial charge in [-0.15, -0.1) is 0 Å². The lowest BCUT2D eigenvalue weighted by Gasteiger charge is -2.12. The minimum atomic E-state index is -2.93. The predicted molar refractivity (Wildman–Crippen MR) is 67.7 cm³/mol. The molecule has 1 saturated heterocycles. The van der Waals surface area contributed by atoms with E-state index >= 15 is 0 Å². The Labute approximate surface area is 114 Å². The van der Waals surface area contributed by atoms with E-state index < -0.39 is 6.61 Å². The van der Waals surface area contributed by atoms with Gasteiger partial charge in [-0.3, -0.25) is 4.79 Å². The van der Waals surface area contributed by atoms with Crippen molar-refractivity contribution in [2.24, 2.45) is 0 Å². The van der Waals surface area contributed by atoms with Crippen molar-refractivity contribution in [1.82, 2.24) is 5.32 Å². The number of carbonyl (C=O) groups excluding carboxylic acids is 1. The number of rotatable bonds is 4. The number of amides is 1. The molecule has 1 fully saturated rings. The molecule has 0 spiro atoms. The highest BCUT2D eigenvalue weighted by Crippen LogP contribution is 2.29. The number of hydrogen-bond donors (Lipinski definition) is 2. The predicted octanol–water partition coefficient (Wildman–Crippen LogP) is 2.63. The molecule has 1 heterocycles. The van der Waals surface area contributed by atoms with Crippen molar-refractivity contribution in [2.75, 3.05) is 11.9 Å². The molecular weight excluding hydrogens is 278 g/mol. The van der Waals surface area contributed by atoms with E-state index in [9.17, 15) is 13.6 Å². The summed E-state index contributed by atoms with van der Waals surface area (Å²) in [6.45, 7) is -2.11. The molecule has 4 nitrogen and oxygen atoms in total. The van der Waals surface area contributed by atoms with Crippen molar-refractivity contribution < 1.29 is 18.3 Å². The van der Waals surface area contributed by atoms with Crippen LogP contribution in [0, 0.1) is 0 Å². The Morgan fingerprint density at radius 2 is 2.32 bits per heavy atom. The maximum absolute atomic E-state index is 12.1. The third-order valence-corrected chi connectivity index (χ3v) is 3.09. The zero-order valence-electron chi connectivity index (χ0n) is 9.96. The van der Waals surface area contributed by atoms with Crippen LogP contribution in [0.4, 0.5) is 14.5 Å². The number of anilines is 1. The number of benzene rings is 1. The van der Waals surface area contributed by atoms with E-state index in [1.54, 1.807) is 0 Å². The van der Waals surface area contributed by atoms with Gasteiger partial charge in [-0.05, 0) is 37.6 Å². The van der Waals surface area contributed by atoms with Crippen molar-refractivity contribution in [3.63, 3.8) is 0 Å². The molecular formula is C12H13ClF2N2O2. The number of carbonyl (C=O) groups is 1. The first-order valence-corrected chi connectivity index (χ1v) is 6.22. The van der Waals surface area contributed by atoms with E-state index in [1.165, 1.54) is 18.2 Å². The normalized spacial score (nSPS) is 18.6. The number of ether oxygens (including phenoxy) is 1. The van der Waals surface area contributed by atoms with Gasteiger partial charge in [0, 0.05) is 5.69 Å². The van der Waals surface area contributed by atoms with Gasteiger partial charge in [0.1, 0.15) is 5.75 Å². The minimum absolute atomic E-state index is 0.0254. The average Bonchev–Trinajstić information content (AvgIpc) is 2.86. The highest BCUT2D eigenvalue weighted by atomic mass is 35.5. The van der Waals surface area contributed by atoms with Crippen LogP contribution in [0.1, 0.15) is 12.8 Å². The molecule has 2 rings (SSSR count). The molecule has 1 atom stereocenters. The van der Waals surface area contributed by atoms with E-state index in [0.717, 1.165) is 19.4 Å². The lowest BCUT2D eigenvalue weighted by molar-refractivity contribution is -0.117. The molecule has 1 amide bonds. The number of hydrogen-bond acceptors (Lipinski definition) is 3. The first-order valence-electron chi connectivity index (χ1n) is 5.85. The lowest BCUT2D eigenvalue weighted by atomic mass is 10.2. The second kappa shape index (κ2) is 6.16. The fraction of sp³-hybridized carbons (Fsp3) is 0.417. The second-order valence-corrected chi connectivity index (χ2v) is 4.57. The van der Waals surface area contributed by atoms with E-state index in [0.29, 0.717) is 5.69 Å². The summed E-state index contributed by atoms with van der Waals surface area (Å²) in [6, 6.07) is 3.94. The summed E-state index contributed by atoms with van der Waals surface area (Å²) in [5.41, 5.74) is 0.449. The molecule has 0 unspecified atom stereocenters. The average molecular weight is 291 g/mol. The summed E-state index contributed by atoms with van der Waals surface area (Å²) < 4.78 is 28.3. The van der Waals surface area contributed by atoms with Gasteiger partial charge in [0.15, 0.2) is 0 Å². The Bertz CT molecular complexity index is 465. The summed E-state index contributed by atoms with van der Waals surface area (Å²) in [5.74, 6) is -0.273. The van der Waals surface area contributed by atoms with E-state index in [2.05, 4.69) is 15.4 Å². The van der Waals surface area contributed by atoms with Crippen molar-refractivity contribution in [2.45, 2.75) is 25.5 Å². The van der Waals surface area contributed by atoms with Crippen LogP contribution in [0.2, 0.25) is 5.02 Å². The van der Waals surface area contributed by atoms with Crippen LogP contribution in [0.25, 0.3) is 0 Å². The zero-order chi connectivity index (χ0) is 13.8. The van der Waals surface area contributed by atoms with Crippen LogP contribution in [-0.4, -0.2) is 25.1 Å². The molecule has 0 aromatic heterocycles. The van der Waals surface area contributed by atoms with Gasteiger partial charge in [0.2, 0.25) is 5.91 Å². The van der Waals surface area contributed by atoms with Crippen molar-refractivity contribution >= 4 is 23.2 Å². The molecule has 2 N–H and O–H groups in total. The van der Waals surface area contributed by atoms with E-state index in [-0.39, 0.29) is 22.7 Å². The van der Waals surface area contributed by atoms with Gasteiger partial charge < -0.3 is 15.4 Å². The van der Waals surface area contributed by atoms with Crippen molar-refractivity contribution in [3.05, 3.63) is 23.2 Å². The Morgan fingerprint density at radius 3 is 2.89 bits per heavy atom. The van der Waals surface area contributed by atoms with Crippen LogP contribution in [-0.2, 0) is 4.79 Å². The smallest absolute Gasteiger partial charge is 0.387 e. The molecule has 0 radical (unpaired) electrons.